The molecule has 2 heterocycles. The number of hydrogen-bond donors (Lipinski definition) is 0. The van der Waals surface area contributed by atoms with Gasteiger partial charge in [-0.2, -0.15) is 0 Å². The highest BCUT2D eigenvalue weighted by molar-refractivity contribution is 7.26. The van der Waals surface area contributed by atoms with Gasteiger partial charge in [0.15, 0.2) is 17.5 Å². The molecule has 0 N–H and O–H groups in total. The Hall–Kier alpha value is -7.79. The number of rotatable bonds is 5. The lowest BCUT2D eigenvalue weighted by atomic mass is 9.68. The fourth-order valence-corrected chi connectivity index (χ4v) is 11.5. The summed E-state index contributed by atoms with van der Waals surface area (Å²) in [6, 6.07) is 76.9. The Balaban J connectivity index is 0.943. The van der Waals surface area contributed by atoms with Crippen LogP contribution < -0.4 is 0 Å². The molecule has 0 saturated heterocycles. The summed E-state index contributed by atoms with van der Waals surface area (Å²) in [7, 11) is 0. The van der Waals surface area contributed by atoms with Crippen LogP contribution in [-0.4, -0.2) is 15.0 Å². The lowest BCUT2D eigenvalue weighted by Crippen LogP contribution is -2.26. The van der Waals surface area contributed by atoms with Gasteiger partial charge in [0, 0.05) is 36.9 Å². The van der Waals surface area contributed by atoms with Crippen LogP contribution >= 0.6 is 11.3 Å². The smallest absolute Gasteiger partial charge is 0.164 e. The Morgan fingerprint density at radius 1 is 0.306 bits per heavy atom. The Morgan fingerprint density at radius 3 is 1.40 bits per heavy atom. The fraction of sp³-hybridized carbons (Fsp3) is 0.0172. The molecule has 2 aromatic heterocycles. The molecule has 0 fully saturated rings. The monoisotopic (exact) mass is 805 g/mol. The molecule has 62 heavy (non-hydrogen) atoms. The van der Waals surface area contributed by atoms with Gasteiger partial charge in [-0.15, -0.1) is 11.3 Å². The highest BCUT2D eigenvalue weighted by atomic mass is 32.1. The third-order valence-electron chi connectivity index (χ3n) is 13.0. The molecular formula is C58H35N3S. The van der Waals surface area contributed by atoms with E-state index in [4.69, 9.17) is 15.0 Å². The zero-order valence-corrected chi connectivity index (χ0v) is 34.3. The van der Waals surface area contributed by atoms with Crippen molar-refractivity contribution < 1.29 is 0 Å². The van der Waals surface area contributed by atoms with Crippen LogP contribution in [0, 0.1) is 0 Å². The highest BCUT2D eigenvalue weighted by Crippen LogP contribution is 2.64. The van der Waals surface area contributed by atoms with Crippen LogP contribution in [0.5, 0.6) is 0 Å². The van der Waals surface area contributed by atoms with Gasteiger partial charge in [0.1, 0.15) is 0 Å². The van der Waals surface area contributed by atoms with Crippen LogP contribution in [0.3, 0.4) is 0 Å². The maximum Gasteiger partial charge on any atom is 0.164 e. The van der Waals surface area contributed by atoms with E-state index in [9.17, 15) is 0 Å². The summed E-state index contributed by atoms with van der Waals surface area (Å²) < 4.78 is 2.44. The molecule has 0 atom stereocenters. The zero-order valence-electron chi connectivity index (χ0n) is 33.5. The molecule has 0 aliphatic heterocycles. The topological polar surface area (TPSA) is 38.7 Å². The first-order valence-corrected chi connectivity index (χ1v) is 21.9. The molecule has 0 saturated carbocycles. The van der Waals surface area contributed by atoms with Gasteiger partial charge in [-0.1, -0.05) is 194 Å². The second-order valence-corrected chi connectivity index (χ2v) is 17.3. The third kappa shape index (κ3) is 5.08. The van der Waals surface area contributed by atoms with Crippen molar-refractivity contribution in [1.82, 2.24) is 15.0 Å². The minimum absolute atomic E-state index is 0.403. The van der Waals surface area contributed by atoms with E-state index in [0.717, 1.165) is 22.1 Å². The van der Waals surface area contributed by atoms with Gasteiger partial charge >= 0.3 is 0 Å². The first-order valence-electron chi connectivity index (χ1n) is 21.1. The summed E-state index contributed by atoms with van der Waals surface area (Å²) in [5.74, 6) is 1.99. The van der Waals surface area contributed by atoms with E-state index < -0.39 is 5.41 Å². The summed E-state index contributed by atoms with van der Waals surface area (Å²) in [5, 5.41) is 2.36. The predicted octanol–water partition coefficient (Wildman–Crippen LogP) is 14.9. The summed E-state index contributed by atoms with van der Waals surface area (Å²) in [5.41, 5.74) is 18.0. The molecule has 4 heteroatoms. The van der Waals surface area contributed by atoms with Gasteiger partial charge < -0.3 is 0 Å². The van der Waals surface area contributed by atoms with E-state index in [0.29, 0.717) is 17.5 Å². The zero-order chi connectivity index (χ0) is 40.8. The van der Waals surface area contributed by atoms with Crippen molar-refractivity contribution in [1.29, 1.82) is 0 Å². The van der Waals surface area contributed by atoms with Crippen molar-refractivity contribution in [2.24, 2.45) is 0 Å². The van der Waals surface area contributed by atoms with Gasteiger partial charge in [-0.3, -0.25) is 0 Å². The van der Waals surface area contributed by atoms with E-state index in [1.54, 1.807) is 0 Å². The van der Waals surface area contributed by atoms with Gasteiger partial charge in [0.2, 0.25) is 0 Å². The average Bonchev–Trinajstić information content (AvgIpc) is 3.98. The number of aromatic nitrogens is 3. The maximum absolute atomic E-state index is 5.13. The minimum Gasteiger partial charge on any atom is -0.208 e. The Bertz CT molecular complexity index is 3450. The second kappa shape index (κ2) is 13.6. The second-order valence-electron chi connectivity index (χ2n) is 16.2. The standard InChI is InChI=1S/C58H35N3S/c1-3-15-38(16-4-1)55-59-56(39-17-5-2-6-18-39)61-57(60-55)46-24-14-28-52-53(46)47-35-40(33-34-51(47)62-52)36-29-31-37(32-30-36)41-22-13-23-45-44-21-9-12-27-50(44)58(54(41)45)48-25-10-7-19-42(48)43-20-8-11-26-49(43)58/h1-35H. The van der Waals surface area contributed by atoms with Gasteiger partial charge in [-0.05, 0) is 85.0 Å². The molecule has 13 rings (SSSR count). The van der Waals surface area contributed by atoms with E-state index >= 15 is 0 Å². The summed E-state index contributed by atoms with van der Waals surface area (Å²) >= 11 is 1.81. The fourth-order valence-electron chi connectivity index (χ4n) is 10.4. The van der Waals surface area contributed by atoms with Crippen molar-refractivity contribution in [3.63, 3.8) is 0 Å². The SMILES string of the molecule is c1ccc(-c2nc(-c3ccccc3)nc(-c3cccc4sc5ccc(-c6ccc(-c7cccc8c7C7(c9ccccc9-c9ccccc97)c7ccccc7-8)cc6)cc5c34)n2)cc1. The lowest BCUT2D eigenvalue weighted by molar-refractivity contribution is 0.796. The van der Waals surface area contributed by atoms with Crippen LogP contribution in [0.25, 0.3) is 98.8 Å². The van der Waals surface area contributed by atoms with Crippen LogP contribution in [0.2, 0.25) is 0 Å². The molecule has 288 valence electrons. The first kappa shape index (κ1) is 35.0. The quantitative estimate of drug-likeness (QED) is 0.174. The molecule has 2 aliphatic rings. The number of hydrogen-bond acceptors (Lipinski definition) is 4. The molecule has 1 spiro atoms. The highest BCUT2D eigenvalue weighted by Gasteiger charge is 2.52. The molecule has 0 bridgehead atoms. The Kier molecular flexibility index (Phi) is 7.69. The van der Waals surface area contributed by atoms with Crippen LogP contribution in [0.15, 0.2) is 212 Å². The summed E-state index contributed by atoms with van der Waals surface area (Å²) in [6.07, 6.45) is 0. The third-order valence-corrected chi connectivity index (χ3v) is 14.1. The molecule has 2 aliphatic carbocycles. The molecular weight excluding hydrogens is 771 g/mol. The molecule has 0 radical (unpaired) electrons. The Morgan fingerprint density at radius 2 is 0.774 bits per heavy atom. The van der Waals surface area contributed by atoms with E-state index in [1.165, 1.54) is 81.5 Å². The van der Waals surface area contributed by atoms with Crippen LogP contribution in [-0.2, 0) is 5.41 Å². The van der Waals surface area contributed by atoms with Crippen LogP contribution in [0.4, 0.5) is 0 Å². The molecule has 3 nitrogen and oxygen atoms in total. The molecule has 11 aromatic rings. The number of benzene rings is 9. The van der Waals surface area contributed by atoms with Gasteiger partial charge in [0.25, 0.3) is 0 Å². The lowest BCUT2D eigenvalue weighted by Gasteiger charge is -2.32. The van der Waals surface area contributed by atoms with Crippen molar-refractivity contribution in [2.45, 2.75) is 5.41 Å². The van der Waals surface area contributed by atoms with Crippen molar-refractivity contribution in [3.05, 3.63) is 235 Å². The summed E-state index contributed by atoms with van der Waals surface area (Å²) in [4.78, 5) is 15.2. The molecule has 9 aromatic carbocycles. The Labute approximate surface area is 363 Å². The molecule has 0 unspecified atom stereocenters. The van der Waals surface area contributed by atoms with Crippen LogP contribution in [0.1, 0.15) is 22.3 Å². The molecule has 0 amide bonds. The van der Waals surface area contributed by atoms with Crippen molar-refractivity contribution in [2.75, 3.05) is 0 Å². The van der Waals surface area contributed by atoms with Crippen molar-refractivity contribution >= 4 is 31.5 Å². The average molecular weight is 806 g/mol. The predicted molar refractivity (Wildman–Crippen MR) is 256 cm³/mol. The van der Waals surface area contributed by atoms with E-state index in [1.807, 2.05) is 47.7 Å². The number of fused-ring (bicyclic) bond motifs is 13. The van der Waals surface area contributed by atoms with E-state index in [2.05, 4.69) is 176 Å². The summed E-state index contributed by atoms with van der Waals surface area (Å²) in [6.45, 7) is 0. The maximum atomic E-state index is 5.13. The number of thiophene rings is 1. The first-order chi connectivity index (χ1) is 30.7. The van der Waals surface area contributed by atoms with E-state index in [-0.39, 0.29) is 0 Å². The van der Waals surface area contributed by atoms with Gasteiger partial charge in [0.05, 0.1) is 5.41 Å². The normalized spacial score (nSPS) is 13.0. The van der Waals surface area contributed by atoms with Crippen molar-refractivity contribution in [3.8, 4) is 78.7 Å². The largest absolute Gasteiger partial charge is 0.208 e. The van der Waals surface area contributed by atoms with Gasteiger partial charge in [-0.25, -0.2) is 15.0 Å². The minimum atomic E-state index is -0.403. The number of nitrogens with zero attached hydrogens (tertiary/aromatic N) is 3.